The quantitative estimate of drug-likeness (QED) is 0.469. The average Bonchev–Trinajstić information content (AvgIpc) is 2.76. The molecule has 0 radical (unpaired) electrons. The molecule has 2 rings (SSSR count). The van der Waals surface area contributed by atoms with Gasteiger partial charge < -0.3 is 5.32 Å². The van der Waals surface area contributed by atoms with E-state index >= 15 is 0 Å². The highest BCUT2D eigenvalue weighted by Gasteiger charge is 2.12. The van der Waals surface area contributed by atoms with Gasteiger partial charge in [0.15, 0.2) is 0 Å². The highest BCUT2D eigenvalue weighted by molar-refractivity contribution is 7.12. The summed E-state index contributed by atoms with van der Waals surface area (Å²) < 4.78 is 0. The molecule has 0 fully saturated rings. The molecule has 0 unspecified atom stereocenters. The van der Waals surface area contributed by atoms with E-state index in [0.29, 0.717) is 20.6 Å². The Morgan fingerprint density at radius 3 is 2.63 bits per heavy atom. The average molecular weight is 313 g/mol. The summed E-state index contributed by atoms with van der Waals surface area (Å²) in [6.07, 6.45) is 0. The number of rotatable bonds is 3. The lowest BCUT2D eigenvalue weighted by molar-refractivity contribution is 0.103. The lowest BCUT2D eigenvalue weighted by atomic mass is 10.3. The number of anilines is 1. The highest BCUT2D eigenvalue weighted by atomic mass is 35.5. The van der Waals surface area contributed by atoms with Crippen LogP contribution in [-0.2, 0) is 0 Å². The first kappa shape index (κ1) is 13.7. The number of benzene rings is 1. The van der Waals surface area contributed by atoms with Gasteiger partial charge in [-0.3, -0.25) is 4.79 Å². The fourth-order valence-electron chi connectivity index (χ4n) is 1.41. The molecular formula is C11H6Cl2N4OS. The van der Waals surface area contributed by atoms with Gasteiger partial charge in [-0.2, -0.15) is 0 Å². The van der Waals surface area contributed by atoms with Crippen LogP contribution >= 0.6 is 34.5 Å². The molecule has 0 spiro atoms. The normalized spacial score (nSPS) is 9.79. The van der Waals surface area contributed by atoms with Crippen LogP contribution in [0.15, 0.2) is 34.8 Å². The molecule has 19 heavy (non-hydrogen) atoms. The van der Waals surface area contributed by atoms with Gasteiger partial charge in [-0.25, -0.2) is 0 Å². The maximum atomic E-state index is 12.0. The van der Waals surface area contributed by atoms with Gasteiger partial charge in [0.25, 0.3) is 5.91 Å². The van der Waals surface area contributed by atoms with Crippen LogP contribution in [-0.4, -0.2) is 5.91 Å². The van der Waals surface area contributed by atoms with Crippen molar-refractivity contribution in [2.45, 2.75) is 0 Å². The maximum Gasteiger partial charge on any atom is 0.266 e. The predicted octanol–water partition coefficient (Wildman–Crippen LogP) is 5.25. The van der Waals surface area contributed by atoms with Gasteiger partial charge in [-0.05, 0) is 35.2 Å². The van der Waals surface area contributed by atoms with Crippen LogP contribution in [0.2, 0.25) is 10.0 Å². The molecule has 96 valence electrons. The summed E-state index contributed by atoms with van der Waals surface area (Å²) in [6, 6.07) is 6.29. The molecule has 0 atom stereocenters. The molecular weight excluding hydrogens is 307 g/mol. The molecule has 1 amide bonds. The third-order valence-corrected chi connectivity index (χ3v) is 3.46. The fraction of sp³-hybridized carbons (Fsp3) is 0. The van der Waals surface area contributed by atoms with Crippen molar-refractivity contribution in [3.63, 3.8) is 0 Å². The van der Waals surface area contributed by atoms with Crippen LogP contribution in [0, 0.1) is 0 Å². The number of hydrogen-bond acceptors (Lipinski definition) is 3. The Bertz CT molecular complexity index is 659. The zero-order valence-electron chi connectivity index (χ0n) is 9.30. The first-order chi connectivity index (χ1) is 9.10. The first-order valence-electron chi connectivity index (χ1n) is 5.00. The number of carbonyl (C=O) groups is 1. The molecule has 1 aromatic heterocycles. The molecule has 1 aromatic carbocycles. The molecule has 0 aliphatic carbocycles. The highest BCUT2D eigenvalue weighted by Crippen LogP contribution is 2.28. The minimum absolute atomic E-state index is 0.290. The van der Waals surface area contributed by atoms with Crippen molar-refractivity contribution < 1.29 is 4.79 Å². The minimum Gasteiger partial charge on any atom is -0.321 e. The fourth-order valence-corrected chi connectivity index (χ4v) is 2.66. The first-order valence-corrected chi connectivity index (χ1v) is 6.64. The van der Waals surface area contributed by atoms with Gasteiger partial charge in [0.05, 0.1) is 5.69 Å². The molecule has 0 aliphatic rings. The van der Waals surface area contributed by atoms with Crippen LogP contribution in [0.1, 0.15) is 9.67 Å². The van der Waals surface area contributed by atoms with Crippen molar-refractivity contribution in [1.82, 2.24) is 0 Å². The van der Waals surface area contributed by atoms with E-state index in [2.05, 4.69) is 15.3 Å². The zero-order valence-corrected chi connectivity index (χ0v) is 11.6. The number of azide groups is 1. The lowest BCUT2D eigenvalue weighted by Crippen LogP contribution is -2.10. The Kier molecular flexibility index (Phi) is 4.29. The molecule has 1 N–H and O–H groups in total. The van der Waals surface area contributed by atoms with Crippen LogP contribution in [0.5, 0.6) is 0 Å². The van der Waals surface area contributed by atoms with Crippen molar-refractivity contribution in [1.29, 1.82) is 0 Å². The lowest BCUT2D eigenvalue weighted by Gasteiger charge is -2.05. The molecule has 0 saturated heterocycles. The van der Waals surface area contributed by atoms with Gasteiger partial charge >= 0.3 is 0 Å². The SMILES string of the molecule is [N-]=[N+]=Nc1ccsc1C(=O)Nc1cc(Cl)cc(Cl)c1. The Hall–Kier alpha value is -1.72. The topological polar surface area (TPSA) is 77.9 Å². The standard InChI is InChI=1S/C11H6Cl2N4OS/c12-6-3-7(13)5-8(4-6)15-11(18)10-9(16-17-14)1-2-19-10/h1-5H,(H,15,18). The minimum atomic E-state index is -0.379. The molecule has 5 nitrogen and oxygen atoms in total. The van der Waals surface area contributed by atoms with Gasteiger partial charge in [0, 0.05) is 20.6 Å². The summed E-state index contributed by atoms with van der Waals surface area (Å²) in [6.45, 7) is 0. The Labute approximate surface area is 122 Å². The van der Waals surface area contributed by atoms with Gasteiger partial charge in [0.2, 0.25) is 0 Å². The van der Waals surface area contributed by atoms with Crippen molar-refractivity contribution in [3.8, 4) is 0 Å². The third-order valence-electron chi connectivity index (χ3n) is 2.12. The van der Waals surface area contributed by atoms with Crippen molar-refractivity contribution in [2.24, 2.45) is 5.11 Å². The smallest absolute Gasteiger partial charge is 0.266 e. The van der Waals surface area contributed by atoms with Crippen molar-refractivity contribution in [3.05, 3.63) is 55.0 Å². The maximum absolute atomic E-state index is 12.0. The number of halogens is 2. The van der Waals surface area contributed by atoms with E-state index in [1.165, 1.54) is 11.3 Å². The van der Waals surface area contributed by atoms with Crippen LogP contribution in [0.3, 0.4) is 0 Å². The van der Waals surface area contributed by atoms with Crippen molar-refractivity contribution >= 4 is 51.8 Å². The summed E-state index contributed by atoms with van der Waals surface area (Å²) in [5.41, 5.74) is 9.17. The second-order valence-electron chi connectivity index (χ2n) is 3.44. The van der Waals surface area contributed by atoms with E-state index in [1.54, 1.807) is 29.6 Å². The number of thiophene rings is 1. The van der Waals surface area contributed by atoms with Crippen LogP contribution < -0.4 is 5.32 Å². The third kappa shape index (κ3) is 3.39. The molecule has 0 saturated carbocycles. The molecule has 0 bridgehead atoms. The number of nitrogens with zero attached hydrogens (tertiary/aromatic N) is 3. The summed E-state index contributed by atoms with van der Waals surface area (Å²) in [7, 11) is 0. The van der Waals surface area contributed by atoms with Gasteiger partial charge in [-0.1, -0.05) is 28.3 Å². The number of nitrogens with one attached hydrogen (secondary N) is 1. The monoisotopic (exact) mass is 312 g/mol. The van der Waals surface area contributed by atoms with E-state index in [9.17, 15) is 4.79 Å². The predicted molar refractivity (Wildman–Crippen MR) is 77.5 cm³/mol. The van der Waals surface area contributed by atoms with Gasteiger partial charge in [-0.15, -0.1) is 11.3 Å². The Balaban J connectivity index is 2.25. The summed E-state index contributed by atoms with van der Waals surface area (Å²) in [4.78, 5) is 15.0. The summed E-state index contributed by atoms with van der Waals surface area (Å²) >= 11 is 12.9. The van der Waals surface area contributed by atoms with E-state index in [1.807, 2.05) is 0 Å². The number of amides is 1. The second kappa shape index (κ2) is 5.95. The zero-order chi connectivity index (χ0) is 13.8. The van der Waals surface area contributed by atoms with E-state index < -0.39 is 0 Å². The molecule has 8 heteroatoms. The molecule has 0 aliphatic heterocycles. The second-order valence-corrected chi connectivity index (χ2v) is 5.23. The summed E-state index contributed by atoms with van der Waals surface area (Å²) in [5.74, 6) is -0.379. The number of carbonyl (C=O) groups excluding carboxylic acids is 1. The van der Waals surface area contributed by atoms with Crippen molar-refractivity contribution in [2.75, 3.05) is 5.32 Å². The van der Waals surface area contributed by atoms with Gasteiger partial charge in [0.1, 0.15) is 4.88 Å². The Morgan fingerprint density at radius 1 is 1.32 bits per heavy atom. The summed E-state index contributed by atoms with van der Waals surface area (Å²) in [5, 5.41) is 8.60. The van der Waals surface area contributed by atoms with Crippen LogP contribution in [0.4, 0.5) is 11.4 Å². The van der Waals surface area contributed by atoms with E-state index in [-0.39, 0.29) is 11.6 Å². The molecule has 2 aromatic rings. The number of hydrogen-bond donors (Lipinski definition) is 1. The Morgan fingerprint density at radius 2 is 2.00 bits per heavy atom. The molecule has 1 heterocycles. The largest absolute Gasteiger partial charge is 0.321 e. The van der Waals surface area contributed by atoms with E-state index in [0.717, 1.165) is 0 Å². The van der Waals surface area contributed by atoms with Crippen LogP contribution in [0.25, 0.3) is 10.4 Å². The van der Waals surface area contributed by atoms with E-state index in [4.69, 9.17) is 28.7 Å².